The Morgan fingerprint density at radius 3 is 2.58 bits per heavy atom. The quantitative estimate of drug-likeness (QED) is 0.590. The molecule has 0 aliphatic carbocycles. The molecule has 1 aliphatic rings. The van der Waals surface area contributed by atoms with Crippen molar-refractivity contribution in [3.05, 3.63) is 71.0 Å². The van der Waals surface area contributed by atoms with Gasteiger partial charge in [0.05, 0.1) is 12.2 Å². The fourth-order valence-corrected chi connectivity index (χ4v) is 4.68. The Balaban J connectivity index is 1.71. The molecule has 7 heteroatoms. The lowest BCUT2D eigenvalue weighted by molar-refractivity contribution is 0.0804. The molecule has 1 aliphatic heterocycles. The highest BCUT2D eigenvalue weighted by molar-refractivity contribution is 7.98. The van der Waals surface area contributed by atoms with E-state index in [-0.39, 0.29) is 11.4 Å². The Kier molecular flexibility index (Phi) is 6.47. The monoisotopic (exact) mass is 427 g/mol. The summed E-state index contributed by atoms with van der Waals surface area (Å²) in [4.78, 5) is 8.49. The van der Waals surface area contributed by atoms with Crippen LogP contribution in [0, 0.1) is 22.7 Å². The van der Waals surface area contributed by atoms with E-state index in [9.17, 15) is 10.5 Å². The molecule has 1 unspecified atom stereocenters. The molecule has 0 bridgehead atoms. The zero-order valence-electron chi connectivity index (χ0n) is 16.9. The standard InChI is InChI=1S/C24H21N5OS/c25-11-20-22(18-7-5-17(6-8-18)19-4-2-10-30-14-19)21(12-26)24(29-23(20)27)31-15-16-3-1-9-28-13-16/h1,3,5-9,13,19H,2,4,10,14-15H2,(H2,27,29). The lowest BCUT2D eigenvalue weighted by Crippen LogP contribution is -2.15. The molecule has 1 saturated heterocycles. The SMILES string of the molecule is N#Cc1c(N)nc(SCc2cccnc2)c(C#N)c1-c1ccc(C2CCCOC2)cc1. The lowest BCUT2D eigenvalue weighted by atomic mass is 9.90. The van der Waals surface area contributed by atoms with Crippen LogP contribution in [0.5, 0.6) is 0 Å². The fourth-order valence-electron chi connectivity index (χ4n) is 3.75. The Morgan fingerprint density at radius 2 is 1.94 bits per heavy atom. The summed E-state index contributed by atoms with van der Waals surface area (Å²) in [6.45, 7) is 1.55. The maximum absolute atomic E-state index is 9.94. The summed E-state index contributed by atoms with van der Waals surface area (Å²) in [5.41, 5.74) is 10.3. The molecule has 0 radical (unpaired) electrons. The van der Waals surface area contributed by atoms with Crippen molar-refractivity contribution in [3.63, 3.8) is 0 Å². The summed E-state index contributed by atoms with van der Waals surface area (Å²) in [5.74, 6) is 1.11. The molecule has 1 fully saturated rings. The van der Waals surface area contributed by atoms with Crippen LogP contribution in [-0.2, 0) is 10.5 Å². The molecule has 1 atom stereocenters. The van der Waals surface area contributed by atoms with Gasteiger partial charge in [0.15, 0.2) is 0 Å². The van der Waals surface area contributed by atoms with Gasteiger partial charge >= 0.3 is 0 Å². The Morgan fingerprint density at radius 1 is 1.13 bits per heavy atom. The van der Waals surface area contributed by atoms with Crippen LogP contribution in [0.1, 0.15) is 41.0 Å². The number of nitriles is 2. The number of rotatable bonds is 5. The molecule has 6 nitrogen and oxygen atoms in total. The molecule has 0 amide bonds. The molecule has 0 spiro atoms. The van der Waals surface area contributed by atoms with E-state index >= 15 is 0 Å². The number of anilines is 1. The first-order valence-electron chi connectivity index (χ1n) is 10.0. The summed E-state index contributed by atoms with van der Waals surface area (Å²) in [5, 5.41) is 20.2. The highest BCUT2D eigenvalue weighted by Crippen LogP contribution is 2.37. The average molecular weight is 428 g/mol. The van der Waals surface area contributed by atoms with Gasteiger partial charge in [0.2, 0.25) is 0 Å². The smallest absolute Gasteiger partial charge is 0.143 e. The average Bonchev–Trinajstić information content (AvgIpc) is 2.83. The molecular weight excluding hydrogens is 406 g/mol. The molecule has 3 aromatic rings. The van der Waals surface area contributed by atoms with Gasteiger partial charge in [0.25, 0.3) is 0 Å². The normalized spacial score (nSPS) is 15.7. The molecule has 0 saturated carbocycles. The van der Waals surface area contributed by atoms with E-state index in [0.717, 1.165) is 37.2 Å². The minimum atomic E-state index is 0.134. The first kappa shape index (κ1) is 20.9. The van der Waals surface area contributed by atoms with Crippen LogP contribution < -0.4 is 5.73 Å². The molecule has 1 aromatic carbocycles. The largest absolute Gasteiger partial charge is 0.383 e. The van der Waals surface area contributed by atoms with Gasteiger partial charge in [-0.2, -0.15) is 10.5 Å². The Labute approximate surface area is 185 Å². The third kappa shape index (κ3) is 4.54. The van der Waals surface area contributed by atoms with Crippen molar-refractivity contribution in [2.75, 3.05) is 18.9 Å². The number of hydrogen-bond acceptors (Lipinski definition) is 7. The first-order valence-corrected chi connectivity index (χ1v) is 11.0. The van der Waals surface area contributed by atoms with Gasteiger partial charge in [0.1, 0.15) is 28.5 Å². The lowest BCUT2D eigenvalue weighted by Gasteiger charge is -2.22. The number of aromatic nitrogens is 2. The molecule has 3 heterocycles. The van der Waals surface area contributed by atoms with Crippen LogP contribution in [0.3, 0.4) is 0 Å². The molecule has 2 N–H and O–H groups in total. The van der Waals surface area contributed by atoms with Crippen LogP contribution in [0.2, 0.25) is 0 Å². The maximum atomic E-state index is 9.94. The van der Waals surface area contributed by atoms with E-state index in [2.05, 4.69) is 34.2 Å². The number of nitrogens with zero attached hydrogens (tertiary/aromatic N) is 4. The molecule has 154 valence electrons. The summed E-state index contributed by atoms with van der Waals surface area (Å²) in [6, 6.07) is 16.2. The van der Waals surface area contributed by atoms with Crippen LogP contribution in [0.15, 0.2) is 53.8 Å². The van der Waals surface area contributed by atoms with Crippen LogP contribution in [0.4, 0.5) is 5.82 Å². The van der Waals surface area contributed by atoms with Crippen LogP contribution in [-0.4, -0.2) is 23.2 Å². The highest BCUT2D eigenvalue weighted by atomic mass is 32.2. The molecule has 4 rings (SSSR count). The molecule has 2 aromatic heterocycles. The summed E-state index contributed by atoms with van der Waals surface area (Å²) >= 11 is 1.41. The van der Waals surface area contributed by atoms with Crippen molar-refractivity contribution in [2.24, 2.45) is 0 Å². The topological polar surface area (TPSA) is 109 Å². The second-order valence-electron chi connectivity index (χ2n) is 7.34. The van der Waals surface area contributed by atoms with Gasteiger partial charge in [-0.05, 0) is 35.6 Å². The highest BCUT2D eigenvalue weighted by Gasteiger charge is 2.21. The van der Waals surface area contributed by atoms with Crippen LogP contribution >= 0.6 is 11.8 Å². The summed E-state index contributed by atoms with van der Waals surface area (Å²) in [7, 11) is 0. The Hall–Kier alpha value is -3.39. The zero-order valence-corrected chi connectivity index (χ0v) is 17.7. The van der Waals surface area contributed by atoms with Gasteiger partial charge in [-0.3, -0.25) is 4.98 Å². The van der Waals surface area contributed by atoms with Crippen molar-refractivity contribution in [2.45, 2.75) is 29.5 Å². The van der Waals surface area contributed by atoms with Gasteiger partial charge < -0.3 is 10.5 Å². The van der Waals surface area contributed by atoms with Crippen LogP contribution in [0.25, 0.3) is 11.1 Å². The zero-order chi connectivity index (χ0) is 21.6. The second kappa shape index (κ2) is 9.61. The predicted octanol–water partition coefficient (Wildman–Crippen LogP) is 4.66. The van der Waals surface area contributed by atoms with Crippen molar-refractivity contribution in [1.82, 2.24) is 9.97 Å². The van der Waals surface area contributed by atoms with Crippen molar-refractivity contribution >= 4 is 17.6 Å². The predicted molar refractivity (Wildman–Crippen MR) is 120 cm³/mol. The van der Waals surface area contributed by atoms with E-state index in [1.54, 1.807) is 12.4 Å². The van der Waals surface area contributed by atoms with E-state index in [0.29, 0.717) is 27.8 Å². The number of thioether (sulfide) groups is 1. The number of ether oxygens (including phenoxy) is 1. The fraction of sp³-hybridized carbons (Fsp3) is 0.250. The summed E-state index contributed by atoms with van der Waals surface area (Å²) < 4.78 is 5.60. The minimum absolute atomic E-state index is 0.134. The molecular formula is C24H21N5OS. The van der Waals surface area contributed by atoms with E-state index in [4.69, 9.17) is 10.5 Å². The van der Waals surface area contributed by atoms with Crippen molar-refractivity contribution < 1.29 is 4.74 Å². The first-order chi connectivity index (χ1) is 15.2. The second-order valence-corrected chi connectivity index (χ2v) is 8.30. The van der Waals surface area contributed by atoms with Crippen molar-refractivity contribution in [1.29, 1.82) is 10.5 Å². The number of nitrogens with two attached hydrogens (primary N) is 1. The van der Waals surface area contributed by atoms with E-state index in [1.807, 2.05) is 24.3 Å². The van der Waals surface area contributed by atoms with Gasteiger partial charge in [-0.1, -0.05) is 30.3 Å². The number of benzene rings is 1. The minimum Gasteiger partial charge on any atom is -0.383 e. The number of nitrogen functional groups attached to an aromatic ring is 1. The van der Waals surface area contributed by atoms with Gasteiger partial charge in [-0.25, -0.2) is 4.98 Å². The number of pyridine rings is 2. The van der Waals surface area contributed by atoms with Gasteiger partial charge in [0, 0.05) is 36.2 Å². The third-order valence-electron chi connectivity index (χ3n) is 5.35. The number of hydrogen-bond donors (Lipinski definition) is 1. The maximum Gasteiger partial charge on any atom is 0.143 e. The van der Waals surface area contributed by atoms with E-state index < -0.39 is 0 Å². The Bertz CT molecular complexity index is 1140. The summed E-state index contributed by atoms with van der Waals surface area (Å²) in [6.07, 6.45) is 5.65. The third-order valence-corrected chi connectivity index (χ3v) is 6.39. The van der Waals surface area contributed by atoms with E-state index in [1.165, 1.54) is 17.3 Å². The molecule has 31 heavy (non-hydrogen) atoms. The van der Waals surface area contributed by atoms with Crippen molar-refractivity contribution in [3.8, 4) is 23.3 Å². The van der Waals surface area contributed by atoms with Gasteiger partial charge in [-0.15, -0.1) is 11.8 Å².